The monoisotopic (exact) mass is 323 g/mol. The van der Waals surface area contributed by atoms with E-state index in [0.717, 1.165) is 0 Å². The molecule has 128 valence electrons. The van der Waals surface area contributed by atoms with Gasteiger partial charge in [0.1, 0.15) is 18.3 Å². The van der Waals surface area contributed by atoms with Crippen LogP contribution in [0.2, 0.25) is 0 Å². The standard InChI is InChI=1S/C10H21N5O7/c1-15(2)8(12)13-7(11)14-10(21)9(19,20)6(18)5(17)4(3-16)22-10/h4-6,16-21H,3H2,1-2H3,(H4,11,12,13,14)/t4-,5-,6+,10?/m1/s1. The fraction of sp³-hybridized carbons (Fsp3) is 0.800. The maximum absolute atomic E-state index is 10.1. The molecular weight excluding hydrogens is 302 g/mol. The van der Waals surface area contributed by atoms with Crippen LogP contribution in [0, 0.1) is 0 Å². The van der Waals surface area contributed by atoms with E-state index in [1.807, 2.05) is 0 Å². The molecule has 0 aromatic rings. The van der Waals surface area contributed by atoms with Crippen molar-refractivity contribution in [1.82, 2.24) is 4.90 Å². The highest BCUT2D eigenvalue weighted by molar-refractivity contribution is 5.93. The molecule has 1 aliphatic heterocycles. The lowest BCUT2D eigenvalue weighted by Crippen LogP contribution is -2.72. The molecule has 12 nitrogen and oxygen atoms in total. The molecule has 0 spiro atoms. The average Bonchev–Trinajstić information content (AvgIpc) is 2.41. The van der Waals surface area contributed by atoms with Crippen molar-refractivity contribution in [3.05, 3.63) is 0 Å². The fourth-order valence-corrected chi connectivity index (χ4v) is 1.65. The Labute approximate surface area is 125 Å². The van der Waals surface area contributed by atoms with Gasteiger partial charge in [-0.15, -0.1) is 0 Å². The van der Waals surface area contributed by atoms with E-state index < -0.39 is 42.6 Å². The molecule has 12 heteroatoms. The maximum atomic E-state index is 10.1. The van der Waals surface area contributed by atoms with Crippen molar-refractivity contribution in [3.63, 3.8) is 0 Å². The number of ether oxygens (including phenoxy) is 1. The van der Waals surface area contributed by atoms with Crippen LogP contribution in [0.5, 0.6) is 0 Å². The van der Waals surface area contributed by atoms with E-state index in [2.05, 4.69) is 9.98 Å². The van der Waals surface area contributed by atoms with Crippen LogP contribution in [0.15, 0.2) is 9.98 Å². The van der Waals surface area contributed by atoms with Gasteiger partial charge in [-0.2, -0.15) is 9.98 Å². The molecule has 4 atom stereocenters. The maximum Gasteiger partial charge on any atom is 0.330 e. The van der Waals surface area contributed by atoms with E-state index in [9.17, 15) is 25.5 Å². The molecule has 1 aliphatic rings. The summed E-state index contributed by atoms with van der Waals surface area (Å²) < 4.78 is 4.74. The number of aliphatic hydroxyl groups excluding tert-OH is 3. The Balaban J connectivity index is 3.20. The van der Waals surface area contributed by atoms with Gasteiger partial charge in [0.25, 0.3) is 5.79 Å². The van der Waals surface area contributed by atoms with E-state index in [1.165, 1.54) is 4.90 Å². The van der Waals surface area contributed by atoms with Gasteiger partial charge in [-0.1, -0.05) is 0 Å². The van der Waals surface area contributed by atoms with Gasteiger partial charge in [0.2, 0.25) is 5.96 Å². The van der Waals surface area contributed by atoms with Crippen molar-refractivity contribution in [2.24, 2.45) is 21.5 Å². The van der Waals surface area contributed by atoms with Crippen molar-refractivity contribution in [2.45, 2.75) is 30.0 Å². The first-order chi connectivity index (χ1) is 9.96. The van der Waals surface area contributed by atoms with Crippen molar-refractivity contribution >= 4 is 11.9 Å². The summed E-state index contributed by atoms with van der Waals surface area (Å²) in [5.74, 6) is -7.40. The number of aliphatic imine (C=N–C) groups is 2. The molecule has 1 saturated heterocycles. The van der Waals surface area contributed by atoms with Crippen LogP contribution in [0.3, 0.4) is 0 Å². The molecule has 1 heterocycles. The number of aliphatic hydroxyl groups is 6. The molecule has 10 N–H and O–H groups in total. The van der Waals surface area contributed by atoms with Crippen molar-refractivity contribution in [2.75, 3.05) is 20.7 Å². The third kappa shape index (κ3) is 3.27. The van der Waals surface area contributed by atoms with Gasteiger partial charge in [-0.05, 0) is 0 Å². The predicted molar refractivity (Wildman–Crippen MR) is 73.0 cm³/mol. The first-order valence-corrected chi connectivity index (χ1v) is 6.15. The summed E-state index contributed by atoms with van der Waals surface area (Å²) in [4.78, 5) is 8.19. The highest BCUT2D eigenvalue weighted by Crippen LogP contribution is 2.35. The molecule has 0 bridgehead atoms. The van der Waals surface area contributed by atoms with Gasteiger partial charge in [0.15, 0.2) is 5.96 Å². The molecule has 1 fully saturated rings. The molecular formula is C10H21N5O7. The second-order valence-corrected chi connectivity index (χ2v) is 4.94. The summed E-state index contributed by atoms with van der Waals surface area (Å²) in [6.45, 7) is -0.838. The van der Waals surface area contributed by atoms with Crippen molar-refractivity contribution in [3.8, 4) is 0 Å². The number of hydrogen-bond donors (Lipinski definition) is 8. The highest BCUT2D eigenvalue weighted by Gasteiger charge is 2.64. The second-order valence-electron chi connectivity index (χ2n) is 4.94. The van der Waals surface area contributed by atoms with E-state index in [-0.39, 0.29) is 5.96 Å². The Morgan fingerprint density at radius 2 is 1.77 bits per heavy atom. The average molecular weight is 323 g/mol. The minimum atomic E-state index is -3.41. The molecule has 0 saturated carbocycles. The van der Waals surface area contributed by atoms with E-state index >= 15 is 0 Å². The summed E-state index contributed by atoms with van der Waals surface area (Å²) in [6.07, 6.45) is -5.72. The van der Waals surface area contributed by atoms with Crippen LogP contribution < -0.4 is 11.5 Å². The number of nitrogens with two attached hydrogens (primary N) is 2. The quantitative estimate of drug-likeness (QED) is 0.137. The molecule has 1 rings (SSSR count). The zero-order chi connectivity index (χ0) is 17.3. The van der Waals surface area contributed by atoms with Gasteiger partial charge in [0.05, 0.1) is 6.61 Å². The summed E-state index contributed by atoms with van der Waals surface area (Å²) in [5, 5.41) is 57.9. The third-order valence-corrected chi connectivity index (χ3v) is 3.05. The normalized spacial score (nSPS) is 36.3. The number of rotatable bonds is 2. The van der Waals surface area contributed by atoms with E-state index in [4.69, 9.17) is 21.3 Å². The topological polar surface area (TPSA) is 211 Å². The van der Waals surface area contributed by atoms with E-state index in [1.54, 1.807) is 14.1 Å². The minimum Gasteiger partial charge on any atom is -0.394 e. The summed E-state index contributed by atoms with van der Waals surface area (Å²) in [7, 11) is 3.09. The first kappa shape index (κ1) is 18.5. The third-order valence-electron chi connectivity index (χ3n) is 3.05. The Morgan fingerprint density at radius 3 is 2.23 bits per heavy atom. The predicted octanol–water partition coefficient (Wildman–Crippen LogP) is -5.38. The largest absolute Gasteiger partial charge is 0.394 e. The van der Waals surface area contributed by atoms with Crippen LogP contribution in [-0.4, -0.2) is 98.2 Å². The van der Waals surface area contributed by atoms with Gasteiger partial charge in [-0.25, -0.2) is 0 Å². The highest BCUT2D eigenvalue weighted by atomic mass is 16.7. The van der Waals surface area contributed by atoms with Crippen molar-refractivity contribution in [1.29, 1.82) is 0 Å². The Hall–Kier alpha value is -1.54. The summed E-state index contributed by atoms with van der Waals surface area (Å²) in [5.41, 5.74) is 10.9. The van der Waals surface area contributed by atoms with Gasteiger partial charge >= 0.3 is 5.91 Å². The Bertz CT molecular complexity index is 469. The van der Waals surface area contributed by atoms with Gasteiger partial charge in [-0.3, -0.25) is 0 Å². The lowest BCUT2D eigenvalue weighted by molar-refractivity contribution is -0.445. The van der Waals surface area contributed by atoms with E-state index in [0.29, 0.717) is 0 Å². The second kappa shape index (κ2) is 6.29. The SMILES string of the molecule is CN(C)/C(N)=N/C(N)=N/C1(O)O[C@H](CO)[C@@H](O)[C@H](O)C1(O)O. The number of nitrogens with zero attached hydrogens (tertiary/aromatic N) is 3. The Morgan fingerprint density at radius 1 is 1.23 bits per heavy atom. The fourth-order valence-electron chi connectivity index (χ4n) is 1.65. The van der Waals surface area contributed by atoms with Crippen molar-refractivity contribution < 1.29 is 35.4 Å². The van der Waals surface area contributed by atoms with Crippen LogP contribution >= 0.6 is 0 Å². The molecule has 1 unspecified atom stereocenters. The Kier molecular flexibility index (Phi) is 5.30. The van der Waals surface area contributed by atoms with Crippen LogP contribution in [0.1, 0.15) is 0 Å². The number of hydrogen-bond acceptors (Lipinski definition) is 8. The smallest absolute Gasteiger partial charge is 0.330 e. The van der Waals surface area contributed by atoms with Crippen LogP contribution in [0.4, 0.5) is 0 Å². The van der Waals surface area contributed by atoms with Crippen LogP contribution in [-0.2, 0) is 4.74 Å². The van der Waals surface area contributed by atoms with Gasteiger partial charge < -0.3 is 51.7 Å². The lowest BCUT2D eigenvalue weighted by Gasteiger charge is -2.47. The summed E-state index contributed by atoms with van der Waals surface area (Å²) >= 11 is 0. The first-order valence-electron chi connectivity index (χ1n) is 6.15. The molecule has 22 heavy (non-hydrogen) atoms. The van der Waals surface area contributed by atoms with Gasteiger partial charge in [0, 0.05) is 14.1 Å². The molecule has 0 radical (unpaired) electrons. The molecule has 0 aliphatic carbocycles. The van der Waals surface area contributed by atoms with Crippen LogP contribution in [0.25, 0.3) is 0 Å². The molecule has 0 amide bonds. The summed E-state index contributed by atoms with van der Waals surface area (Å²) in [6, 6.07) is 0. The number of guanidine groups is 2. The zero-order valence-corrected chi connectivity index (χ0v) is 12.0. The molecule has 0 aromatic heterocycles. The lowest BCUT2D eigenvalue weighted by atomic mass is 9.93. The zero-order valence-electron chi connectivity index (χ0n) is 12.0. The molecule has 0 aromatic carbocycles. The minimum absolute atomic E-state index is 0.110.